The molecule has 4 aliphatic carbocycles. The molecule has 5 aliphatic rings. The fourth-order valence-electron chi connectivity index (χ4n) is 7.44. The Kier molecular flexibility index (Phi) is 5.82. The van der Waals surface area contributed by atoms with Gasteiger partial charge in [0.15, 0.2) is 0 Å². The number of carbonyl (C=O) groups excluding carboxylic acids is 1. The zero-order valence-corrected chi connectivity index (χ0v) is 19.8. The second-order valence-electron chi connectivity index (χ2n) is 11.2. The highest BCUT2D eigenvalue weighted by molar-refractivity contribution is 5.94. The minimum atomic E-state index is -0.347. The van der Waals surface area contributed by atoms with Crippen molar-refractivity contribution in [3.8, 4) is 0 Å². The average Bonchev–Trinajstić information content (AvgIpc) is 2.85. The Balaban J connectivity index is 0.995. The number of piperidine rings is 1. The summed E-state index contributed by atoms with van der Waals surface area (Å²) in [6.07, 6.45) is 11.5. The normalized spacial score (nSPS) is 32.7. The van der Waals surface area contributed by atoms with Crippen LogP contribution in [-0.2, 0) is 6.54 Å². The minimum absolute atomic E-state index is 0.0568. The first-order chi connectivity index (χ1) is 16.5. The lowest BCUT2D eigenvalue weighted by molar-refractivity contribution is -0.140. The molecule has 180 valence electrons. The number of nitrogens with zero attached hydrogens (tertiary/aromatic N) is 2. The number of aromatic nitrogens is 1. The molecule has 7 rings (SSSR count). The molecular weight excluding hydrogens is 424 g/mol. The van der Waals surface area contributed by atoms with Crippen molar-refractivity contribution in [2.75, 3.05) is 18.0 Å². The van der Waals surface area contributed by atoms with E-state index >= 15 is 0 Å². The number of carbonyl (C=O) groups is 1. The lowest BCUT2D eigenvalue weighted by Gasteiger charge is -2.59. The van der Waals surface area contributed by atoms with Crippen molar-refractivity contribution in [2.45, 2.75) is 69.2 Å². The van der Waals surface area contributed by atoms with Crippen molar-refractivity contribution >= 4 is 11.6 Å². The molecule has 2 aromatic rings. The summed E-state index contributed by atoms with van der Waals surface area (Å²) in [4.78, 5) is 19.0. The van der Waals surface area contributed by atoms with Gasteiger partial charge >= 0.3 is 0 Å². The molecule has 0 spiro atoms. The van der Waals surface area contributed by atoms with Crippen LogP contribution in [0.3, 0.4) is 0 Å². The van der Waals surface area contributed by atoms with Crippen LogP contribution in [0.15, 0.2) is 48.8 Å². The second kappa shape index (κ2) is 8.97. The summed E-state index contributed by atoms with van der Waals surface area (Å²) in [6, 6.07) is 13.0. The van der Waals surface area contributed by atoms with Crippen LogP contribution in [0.2, 0.25) is 0 Å². The van der Waals surface area contributed by atoms with Gasteiger partial charge in [-0.2, -0.15) is 0 Å². The Labute approximate surface area is 202 Å². The molecule has 1 aromatic heterocycles. The highest BCUT2D eigenvalue weighted by Gasteiger charge is 2.54. The molecule has 34 heavy (non-hydrogen) atoms. The highest BCUT2D eigenvalue weighted by atomic mass is 16.3. The summed E-state index contributed by atoms with van der Waals surface area (Å²) in [5.74, 6) is 2.05. The van der Waals surface area contributed by atoms with Crippen LogP contribution in [-0.4, -0.2) is 46.8 Å². The third kappa shape index (κ3) is 4.46. The molecule has 1 amide bonds. The summed E-state index contributed by atoms with van der Waals surface area (Å²) >= 11 is 0. The second-order valence-corrected chi connectivity index (χ2v) is 11.2. The van der Waals surface area contributed by atoms with Gasteiger partial charge in [0.25, 0.3) is 5.91 Å². The number of aliphatic hydroxyl groups is 1. The zero-order valence-electron chi connectivity index (χ0n) is 19.8. The van der Waals surface area contributed by atoms with E-state index in [0.717, 1.165) is 56.7 Å². The highest BCUT2D eigenvalue weighted by Crippen LogP contribution is 2.55. The number of pyridine rings is 1. The van der Waals surface area contributed by atoms with Crippen molar-refractivity contribution in [1.82, 2.24) is 15.6 Å². The number of benzene rings is 1. The predicted molar refractivity (Wildman–Crippen MR) is 133 cm³/mol. The van der Waals surface area contributed by atoms with Gasteiger partial charge in [0.2, 0.25) is 0 Å². The van der Waals surface area contributed by atoms with Crippen molar-refractivity contribution in [1.29, 1.82) is 0 Å². The molecule has 0 radical (unpaired) electrons. The molecule has 3 N–H and O–H groups in total. The van der Waals surface area contributed by atoms with E-state index in [1.807, 2.05) is 24.3 Å². The summed E-state index contributed by atoms with van der Waals surface area (Å²) in [7, 11) is 0. The lowest BCUT2D eigenvalue weighted by atomic mass is 9.52. The maximum Gasteiger partial charge on any atom is 0.251 e. The van der Waals surface area contributed by atoms with Crippen LogP contribution >= 0.6 is 0 Å². The van der Waals surface area contributed by atoms with Gasteiger partial charge in [0.1, 0.15) is 0 Å². The van der Waals surface area contributed by atoms with Gasteiger partial charge in [0, 0.05) is 55.4 Å². The van der Waals surface area contributed by atoms with Gasteiger partial charge in [-0.15, -0.1) is 0 Å². The van der Waals surface area contributed by atoms with Crippen molar-refractivity contribution in [3.63, 3.8) is 0 Å². The Hall–Kier alpha value is -2.44. The molecule has 6 nitrogen and oxygen atoms in total. The molecule has 6 heteroatoms. The average molecular weight is 461 g/mol. The van der Waals surface area contributed by atoms with Crippen molar-refractivity contribution in [2.24, 2.45) is 17.8 Å². The molecule has 0 unspecified atom stereocenters. The number of rotatable bonds is 6. The number of anilines is 1. The van der Waals surface area contributed by atoms with Crippen LogP contribution in [0, 0.1) is 17.8 Å². The third-order valence-corrected chi connectivity index (χ3v) is 8.83. The third-order valence-electron chi connectivity index (χ3n) is 8.83. The Morgan fingerprint density at radius 1 is 1.06 bits per heavy atom. The predicted octanol–water partition coefficient (Wildman–Crippen LogP) is 3.51. The van der Waals surface area contributed by atoms with Crippen LogP contribution < -0.4 is 15.5 Å². The summed E-state index contributed by atoms with van der Waals surface area (Å²) in [5, 5.41) is 17.9. The molecule has 1 aromatic carbocycles. The van der Waals surface area contributed by atoms with E-state index in [4.69, 9.17) is 0 Å². The summed E-state index contributed by atoms with van der Waals surface area (Å²) < 4.78 is 0. The Morgan fingerprint density at radius 2 is 1.79 bits per heavy atom. The fraction of sp³-hybridized carbons (Fsp3) is 0.571. The van der Waals surface area contributed by atoms with E-state index in [9.17, 15) is 9.90 Å². The molecular formula is C28H36N4O2. The summed E-state index contributed by atoms with van der Waals surface area (Å²) in [5.41, 5.74) is 2.53. The van der Waals surface area contributed by atoms with E-state index in [2.05, 4.69) is 32.7 Å². The monoisotopic (exact) mass is 460 g/mol. The smallest absolute Gasteiger partial charge is 0.251 e. The van der Waals surface area contributed by atoms with E-state index < -0.39 is 0 Å². The molecule has 4 bridgehead atoms. The van der Waals surface area contributed by atoms with Gasteiger partial charge in [-0.1, -0.05) is 6.07 Å². The van der Waals surface area contributed by atoms with E-state index in [1.54, 1.807) is 12.4 Å². The van der Waals surface area contributed by atoms with Gasteiger partial charge in [-0.25, -0.2) is 0 Å². The summed E-state index contributed by atoms with van der Waals surface area (Å²) in [6.45, 7) is 2.56. The molecule has 1 aliphatic heterocycles. The quantitative estimate of drug-likeness (QED) is 0.615. The van der Waals surface area contributed by atoms with Gasteiger partial charge in [-0.3, -0.25) is 9.78 Å². The molecule has 5 fully saturated rings. The zero-order chi connectivity index (χ0) is 23.1. The first-order valence-electron chi connectivity index (χ1n) is 13.1. The van der Waals surface area contributed by atoms with Crippen LogP contribution in [0.4, 0.5) is 5.69 Å². The maximum atomic E-state index is 12.5. The topological polar surface area (TPSA) is 77.5 Å². The number of hydrogen-bond donors (Lipinski definition) is 3. The first kappa shape index (κ1) is 22.1. The fourth-order valence-corrected chi connectivity index (χ4v) is 7.44. The first-order valence-corrected chi connectivity index (χ1v) is 13.1. The molecule has 2 heterocycles. The van der Waals surface area contributed by atoms with Crippen LogP contribution in [0.25, 0.3) is 0 Å². The molecule has 4 saturated carbocycles. The Bertz CT molecular complexity index is 987. The van der Waals surface area contributed by atoms with Crippen molar-refractivity contribution in [3.05, 3.63) is 59.9 Å². The van der Waals surface area contributed by atoms with Gasteiger partial charge in [-0.05, 0) is 98.6 Å². The standard InChI is InChI=1S/C28H36N4O2/c33-27(30-18-19-2-1-9-29-17-19)21-3-5-25(6-4-21)32-10-7-24(8-11-32)31-26-22-12-20-13-23(26)16-28(34,14-20)15-22/h1-6,9,17,20,22-24,26,31,34H,7-8,10-16,18H2,(H,30,33)/t20?,22-,23-,26?,28?/m1/s1. The van der Waals surface area contributed by atoms with Gasteiger partial charge in [0.05, 0.1) is 5.60 Å². The largest absolute Gasteiger partial charge is 0.390 e. The molecule has 2 atom stereocenters. The van der Waals surface area contributed by atoms with Crippen LogP contribution in [0.1, 0.15) is 60.9 Å². The maximum absolute atomic E-state index is 12.5. The van der Waals surface area contributed by atoms with Crippen LogP contribution in [0.5, 0.6) is 0 Å². The number of nitrogens with one attached hydrogen (secondary N) is 2. The van der Waals surface area contributed by atoms with E-state index in [0.29, 0.717) is 36.0 Å². The van der Waals surface area contributed by atoms with E-state index in [-0.39, 0.29) is 11.5 Å². The number of amides is 1. The van der Waals surface area contributed by atoms with Gasteiger partial charge < -0.3 is 20.6 Å². The lowest BCUT2D eigenvalue weighted by Crippen LogP contribution is -2.62. The SMILES string of the molecule is O=C(NCc1cccnc1)c1ccc(N2CCC(NC3[C@@H]4CC5C[C@@H]3CC(O)(C5)C4)CC2)cc1. The van der Waals surface area contributed by atoms with E-state index in [1.165, 1.54) is 18.5 Å². The number of hydrogen-bond acceptors (Lipinski definition) is 5. The van der Waals surface area contributed by atoms with Crippen molar-refractivity contribution < 1.29 is 9.90 Å². The molecule has 1 saturated heterocycles. The Morgan fingerprint density at radius 3 is 2.44 bits per heavy atom. The minimum Gasteiger partial charge on any atom is -0.390 e.